The number of aryl methyl sites for hydroxylation is 1. The highest BCUT2D eigenvalue weighted by Gasteiger charge is 2.15. The Labute approximate surface area is 97.1 Å². The first kappa shape index (κ1) is 11.2. The van der Waals surface area contributed by atoms with Crippen molar-refractivity contribution in [1.82, 2.24) is 4.57 Å². The third-order valence-electron chi connectivity index (χ3n) is 3.16. The zero-order valence-corrected chi connectivity index (χ0v) is 10.5. The highest BCUT2D eigenvalue weighted by Crippen LogP contribution is 2.28. The zero-order chi connectivity index (χ0) is 11.9. The molecular weight excluding hydrogens is 196 g/mol. The zero-order valence-electron chi connectivity index (χ0n) is 10.5. The fourth-order valence-electron chi connectivity index (χ4n) is 2.10. The van der Waals surface area contributed by atoms with Gasteiger partial charge in [0.15, 0.2) is 0 Å². The number of aromatic nitrogens is 1. The molecule has 2 aromatic rings. The van der Waals surface area contributed by atoms with Gasteiger partial charge in [-0.05, 0) is 28.7 Å². The van der Waals surface area contributed by atoms with Crippen LogP contribution in [0.15, 0.2) is 24.4 Å². The SMILES string of the molecule is Cn1cc(CN)c2cc(C(C)(C)C)ccc21. The smallest absolute Gasteiger partial charge is 0.0481 e. The van der Waals surface area contributed by atoms with Crippen molar-refractivity contribution in [2.75, 3.05) is 0 Å². The number of benzene rings is 1. The maximum atomic E-state index is 5.78. The molecule has 2 rings (SSSR count). The predicted molar refractivity (Wildman–Crippen MR) is 69.5 cm³/mol. The number of nitrogens with two attached hydrogens (primary N) is 1. The molecule has 0 amide bonds. The predicted octanol–water partition coefficient (Wildman–Crippen LogP) is 2.93. The Balaban J connectivity index is 2.69. The number of nitrogens with zero attached hydrogens (tertiary/aromatic N) is 1. The maximum absolute atomic E-state index is 5.78. The van der Waals surface area contributed by atoms with E-state index in [9.17, 15) is 0 Å². The maximum Gasteiger partial charge on any atom is 0.0481 e. The van der Waals surface area contributed by atoms with E-state index < -0.39 is 0 Å². The summed E-state index contributed by atoms with van der Waals surface area (Å²) >= 11 is 0. The van der Waals surface area contributed by atoms with E-state index >= 15 is 0 Å². The molecule has 0 spiro atoms. The summed E-state index contributed by atoms with van der Waals surface area (Å²) in [5.41, 5.74) is 9.81. The Bertz CT molecular complexity index is 515. The molecule has 1 aromatic heterocycles. The molecule has 0 aliphatic rings. The molecule has 0 atom stereocenters. The van der Waals surface area contributed by atoms with Gasteiger partial charge in [0.25, 0.3) is 0 Å². The minimum absolute atomic E-state index is 0.190. The average molecular weight is 216 g/mol. The molecule has 0 radical (unpaired) electrons. The van der Waals surface area contributed by atoms with Gasteiger partial charge in [-0.2, -0.15) is 0 Å². The van der Waals surface area contributed by atoms with E-state index in [0.29, 0.717) is 6.54 Å². The molecular formula is C14H20N2. The third-order valence-corrected chi connectivity index (χ3v) is 3.16. The molecule has 0 aliphatic carbocycles. The fourth-order valence-corrected chi connectivity index (χ4v) is 2.10. The lowest BCUT2D eigenvalue weighted by atomic mass is 9.86. The van der Waals surface area contributed by atoms with Crippen molar-refractivity contribution >= 4 is 10.9 Å². The number of hydrogen-bond acceptors (Lipinski definition) is 1. The molecule has 16 heavy (non-hydrogen) atoms. The van der Waals surface area contributed by atoms with Crippen LogP contribution in [0.25, 0.3) is 10.9 Å². The molecule has 2 nitrogen and oxygen atoms in total. The molecule has 86 valence electrons. The molecule has 0 unspecified atom stereocenters. The first-order chi connectivity index (χ1) is 7.43. The van der Waals surface area contributed by atoms with Gasteiger partial charge in [-0.1, -0.05) is 26.8 Å². The van der Waals surface area contributed by atoms with Crippen molar-refractivity contribution in [3.63, 3.8) is 0 Å². The van der Waals surface area contributed by atoms with Crippen LogP contribution in [-0.4, -0.2) is 4.57 Å². The second kappa shape index (κ2) is 3.63. The van der Waals surface area contributed by atoms with Crippen LogP contribution < -0.4 is 5.73 Å². The Morgan fingerprint density at radius 2 is 1.94 bits per heavy atom. The monoisotopic (exact) mass is 216 g/mol. The summed E-state index contributed by atoms with van der Waals surface area (Å²) in [6.45, 7) is 7.31. The summed E-state index contributed by atoms with van der Waals surface area (Å²) in [6.07, 6.45) is 2.12. The van der Waals surface area contributed by atoms with Crippen LogP contribution in [0.3, 0.4) is 0 Å². The second-order valence-corrected chi connectivity index (χ2v) is 5.45. The van der Waals surface area contributed by atoms with Crippen LogP contribution in [0.5, 0.6) is 0 Å². The van der Waals surface area contributed by atoms with E-state index in [0.717, 1.165) is 0 Å². The number of rotatable bonds is 1. The summed E-state index contributed by atoms with van der Waals surface area (Å²) in [6, 6.07) is 6.68. The average Bonchev–Trinajstić information content (AvgIpc) is 2.54. The summed E-state index contributed by atoms with van der Waals surface area (Å²) in [4.78, 5) is 0. The van der Waals surface area contributed by atoms with E-state index in [1.807, 2.05) is 0 Å². The summed E-state index contributed by atoms with van der Waals surface area (Å²) < 4.78 is 2.14. The first-order valence-electron chi connectivity index (χ1n) is 5.72. The van der Waals surface area contributed by atoms with Crippen LogP contribution in [0.4, 0.5) is 0 Å². The quantitative estimate of drug-likeness (QED) is 0.780. The Hall–Kier alpha value is -1.28. The molecule has 0 aliphatic heterocycles. The lowest BCUT2D eigenvalue weighted by molar-refractivity contribution is 0.591. The second-order valence-electron chi connectivity index (χ2n) is 5.45. The Kier molecular flexibility index (Phi) is 2.55. The molecule has 0 bridgehead atoms. The van der Waals surface area contributed by atoms with Gasteiger partial charge in [-0.3, -0.25) is 0 Å². The van der Waals surface area contributed by atoms with Crippen LogP contribution in [-0.2, 0) is 19.0 Å². The van der Waals surface area contributed by atoms with E-state index in [2.05, 4.69) is 56.8 Å². The van der Waals surface area contributed by atoms with Crippen LogP contribution in [0.2, 0.25) is 0 Å². The van der Waals surface area contributed by atoms with Gasteiger partial charge in [0.05, 0.1) is 0 Å². The standard InChI is InChI=1S/C14H20N2/c1-14(2,3)11-5-6-13-12(7-11)10(8-15)9-16(13)4/h5-7,9H,8,15H2,1-4H3. The van der Waals surface area contributed by atoms with Gasteiger partial charge >= 0.3 is 0 Å². The van der Waals surface area contributed by atoms with E-state index in [4.69, 9.17) is 5.73 Å². The van der Waals surface area contributed by atoms with E-state index in [1.165, 1.54) is 22.0 Å². The van der Waals surface area contributed by atoms with Crippen molar-refractivity contribution in [3.8, 4) is 0 Å². The highest BCUT2D eigenvalue weighted by atomic mass is 14.9. The normalized spacial score (nSPS) is 12.3. The minimum Gasteiger partial charge on any atom is -0.350 e. The van der Waals surface area contributed by atoms with Crippen molar-refractivity contribution in [3.05, 3.63) is 35.5 Å². The molecule has 2 heteroatoms. The topological polar surface area (TPSA) is 30.9 Å². The van der Waals surface area contributed by atoms with Crippen LogP contribution in [0.1, 0.15) is 31.9 Å². The van der Waals surface area contributed by atoms with Gasteiger partial charge in [0, 0.05) is 30.7 Å². The third kappa shape index (κ3) is 1.74. The van der Waals surface area contributed by atoms with E-state index in [1.54, 1.807) is 0 Å². The lowest BCUT2D eigenvalue weighted by Crippen LogP contribution is -2.10. The lowest BCUT2D eigenvalue weighted by Gasteiger charge is -2.19. The molecule has 0 fully saturated rings. The molecule has 1 heterocycles. The van der Waals surface area contributed by atoms with Crippen molar-refractivity contribution in [1.29, 1.82) is 0 Å². The Morgan fingerprint density at radius 1 is 1.25 bits per heavy atom. The van der Waals surface area contributed by atoms with Crippen LogP contribution in [0, 0.1) is 0 Å². The first-order valence-corrected chi connectivity index (χ1v) is 5.72. The molecule has 0 saturated heterocycles. The number of hydrogen-bond donors (Lipinski definition) is 1. The van der Waals surface area contributed by atoms with Gasteiger partial charge < -0.3 is 10.3 Å². The number of fused-ring (bicyclic) bond motifs is 1. The summed E-state index contributed by atoms with van der Waals surface area (Å²) in [7, 11) is 2.07. The molecule has 0 saturated carbocycles. The van der Waals surface area contributed by atoms with Gasteiger partial charge in [0.2, 0.25) is 0 Å². The van der Waals surface area contributed by atoms with Crippen LogP contribution >= 0.6 is 0 Å². The molecule has 1 aromatic carbocycles. The van der Waals surface area contributed by atoms with Gasteiger partial charge in [-0.25, -0.2) is 0 Å². The van der Waals surface area contributed by atoms with Crippen molar-refractivity contribution < 1.29 is 0 Å². The summed E-state index contributed by atoms with van der Waals surface area (Å²) in [5, 5.41) is 1.29. The van der Waals surface area contributed by atoms with Gasteiger partial charge in [0.1, 0.15) is 0 Å². The molecule has 2 N–H and O–H groups in total. The fraction of sp³-hybridized carbons (Fsp3) is 0.429. The minimum atomic E-state index is 0.190. The van der Waals surface area contributed by atoms with E-state index in [-0.39, 0.29) is 5.41 Å². The van der Waals surface area contributed by atoms with Gasteiger partial charge in [-0.15, -0.1) is 0 Å². The van der Waals surface area contributed by atoms with Crippen molar-refractivity contribution in [2.24, 2.45) is 12.8 Å². The van der Waals surface area contributed by atoms with Crippen molar-refractivity contribution in [2.45, 2.75) is 32.7 Å². The summed E-state index contributed by atoms with van der Waals surface area (Å²) in [5.74, 6) is 0. The highest BCUT2D eigenvalue weighted by molar-refractivity contribution is 5.84. The Morgan fingerprint density at radius 3 is 2.50 bits per heavy atom. The largest absolute Gasteiger partial charge is 0.350 e.